The van der Waals surface area contributed by atoms with Crippen molar-refractivity contribution in [1.82, 2.24) is 9.88 Å². The minimum Gasteiger partial charge on any atom is -0.365 e. The zero-order chi connectivity index (χ0) is 16.4. The third kappa shape index (κ3) is 3.10. The smallest absolute Gasteiger partial charge is 0.260 e. The van der Waals surface area contributed by atoms with Crippen LogP contribution in [-0.2, 0) is 0 Å². The van der Waals surface area contributed by atoms with Crippen LogP contribution in [0.5, 0.6) is 0 Å². The Labute approximate surface area is 136 Å². The summed E-state index contributed by atoms with van der Waals surface area (Å²) in [5, 5.41) is 0.670. The van der Waals surface area contributed by atoms with Crippen molar-refractivity contribution >= 4 is 23.2 Å². The van der Waals surface area contributed by atoms with Crippen LogP contribution in [0.15, 0.2) is 30.5 Å². The van der Waals surface area contributed by atoms with Gasteiger partial charge in [-0.05, 0) is 31.4 Å². The summed E-state index contributed by atoms with van der Waals surface area (Å²) in [7, 11) is 0. The number of hydrogen-bond donors (Lipinski definition) is 1. The van der Waals surface area contributed by atoms with Crippen molar-refractivity contribution < 1.29 is 14.0 Å². The Morgan fingerprint density at radius 2 is 2.09 bits per heavy atom. The van der Waals surface area contributed by atoms with Crippen LogP contribution in [0.25, 0.3) is 0 Å². The Kier molecular flexibility index (Phi) is 4.38. The van der Waals surface area contributed by atoms with Crippen LogP contribution in [0.1, 0.15) is 50.3 Å². The van der Waals surface area contributed by atoms with E-state index in [1.54, 1.807) is 17.0 Å². The van der Waals surface area contributed by atoms with Crippen molar-refractivity contribution in [2.24, 2.45) is 5.73 Å². The number of nitrogens with two attached hydrogens (primary N) is 1. The average molecular weight is 333 g/mol. The maximum Gasteiger partial charge on any atom is 0.260 e. The van der Waals surface area contributed by atoms with Gasteiger partial charge in [-0.25, -0.2) is 9.37 Å². The molecule has 0 aliphatic carbocycles. The SMILES string of the molecule is NC(=O)c1cnc([C@H]2CCCCN2C(=O)c2ccccc2F)s1. The summed E-state index contributed by atoms with van der Waals surface area (Å²) in [4.78, 5) is 30.2. The van der Waals surface area contributed by atoms with Crippen molar-refractivity contribution in [3.63, 3.8) is 0 Å². The molecule has 0 saturated carbocycles. The van der Waals surface area contributed by atoms with E-state index in [0.717, 1.165) is 19.3 Å². The normalized spacial score (nSPS) is 18.0. The van der Waals surface area contributed by atoms with Gasteiger partial charge in [0.2, 0.25) is 0 Å². The predicted octanol–water partition coefficient (Wildman–Crippen LogP) is 2.75. The number of nitrogens with zero attached hydrogens (tertiary/aromatic N) is 2. The van der Waals surface area contributed by atoms with Gasteiger partial charge in [-0.2, -0.15) is 0 Å². The Morgan fingerprint density at radius 1 is 1.30 bits per heavy atom. The maximum absolute atomic E-state index is 13.9. The molecule has 7 heteroatoms. The van der Waals surface area contributed by atoms with Gasteiger partial charge in [-0.1, -0.05) is 12.1 Å². The Hall–Kier alpha value is -2.28. The molecule has 2 heterocycles. The number of rotatable bonds is 3. The van der Waals surface area contributed by atoms with Crippen LogP contribution in [-0.4, -0.2) is 28.2 Å². The van der Waals surface area contributed by atoms with Gasteiger partial charge in [0, 0.05) is 6.54 Å². The highest BCUT2D eigenvalue weighted by atomic mass is 32.1. The summed E-state index contributed by atoms with van der Waals surface area (Å²) in [6.45, 7) is 0.545. The topological polar surface area (TPSA) is 76.3 Å². The van der Waals surface area contributed by atoms with E-state index in [4.69, 9.17) is 5.73 Å². The molecule has 1 aromatic carbocycles. The number of thiazole rings is 1. The number of hydrogen-bond acceptors (Lipinski definition) is 4. The molecule has 2 amide bonds. The van der Waals surface area contributed by atoms with E-state index in [-0.39, 0.29) is 17.5 Å². The molecule has 1 aromatic heterocycles. The first kappa shape index (κ1) is 15.6. The number of halogens is 1. The maximum atomic E-state index is 13.9. The monoisotopic (exact) mass is 333 g/mol. The minimum atomic E-state index is -0.531. The van der Waals surface area contributed by atoms with Gasteiger partial charge in [0.15, 0.2) is 0 Å². The molecule has 5 nitrogen and oxygen atoms in total. The fraction of sp³-hybridized carbons (Fsp3) is 0.312. The van der Waals surface area contributed by atoms with Crippen LogP contribution >= 0.6 is 11.3 Å². The van der Waals surface area contributed by atoms with Crippen molar-refractivity contribution in [1.29, 1.82) is 0 Å². The van der Waals surface area contributed by atoms with Gasteiger partial charge in [0.25, 0.3) is 11.8 Å². The highest BCUT2D eigenvalue weighted by Gasteiger charge is 2.32. The largest absolute Gasteiger partial charge is 0.365 e. The number of carbonyl (C=O) groups is 2. The van der Waals surface area contributed by atoms with Gasteiger partial charge >= 0.3 is 0 Å². The molecule has 0 bridgehead atoms. The molecule has 1 saturated heterocycles. The lowest BCUT2D eigenvalue weighted by molar-refractivity contribution is 0.0606. The van der Waals surface area contributed by atoms with E-state index >= 15 is 0 Å². The van der Waals surface area contributed by atoms with Crippen LogP contribution in [0.4, 0.5) is 4.39 Å². The van der Waals surface area contributed by atoms with Gasteiger partial charge < -0.3 is 10.6 Å². The minimum absolute atomic E-state index is 0.0612. The number of aromatic nitrogens is 1. The average Bonchev–Trinajstić information content (AvgIpc) is 3.05. The molecule has 0 spiro atoms. The summed E-state index contributed by atoms with van der Waals surface area (Å²) in [5.74, 6) is -1.40. The van der Waals surface area contributed by atoms with E-state index < -0.39 is 11.7 Å². The number of likely N-dealkylation sites (tertiary alicyclic amines) is 1. The molecular weight excluding hydrogens is 317 g/mol. The summed E-state index contributed by atoms with van der Waals surface area (Å²) < 4.78 is 13.9. The van der Waals surface area contributed by atoms with Crippen LogP contribution in [0, 0.1) is 5.82 Å². The summed E-state index contributed by atoms with van der Waals surface area (Å²) >= 11 is 1.19. The van der Waals surface area contributed by atoms with Gasteiger partial charge in [0.1, 0.15) is 15.7 Å². The van der Waals surface area contributed by atoms with Crippen LogP contribution in [0.3, 0.4) is 0 Å². The van der Waals surface area contributed by atoms with Crippen molar-refractivity contribution in [3.8, 4) is 0 Å². The standard InChI is InChI=1S/C16H16FN3O2S/c17-11-6-2-1-5-10(11)16(22)20-8-4-3-7-12(20)15-19-9-13(23-15)14(18)21/h1-2,5-6,9,12H,3-4,7-8H2,(H2,18,21)/t12-/m1/s1. The molecule has 1 fully saturated rings. The second kappa shape index (κ2) is 6.45. The lowest BCUT2D eigenvalue weighted by Gasteiger charge is -2.34. The summed E-state index contributed by atoms with van der Waals surface area (Å²) in [6.07, 6.45) is 4.00. The molecule has 1 aliphatic rings. The van der Waals surface area contributed by atoms with Crippen molar-refractivity contribution in [3.05, 3.63) is 51.7 Å². The number of benzene rings is 1. The first-order valence-electron chi connectivity index (χ1n) is 7.39. The molecule has 1 aliphatic heterocycles. The summed E-state index contributed by atoms with van der Waals surface area (Å²) in [6, 6.07) is 5.72. The highest BCUT2D eigenvalue weighted by Crippen LogP contribution is 2.34. The number of amides is 2. The second-order valence-electron chi connectivity index (χ2n) is 5.42. The zero-order valence-corrected chi connectivity index (χ0v) is 13.2. The van der Waals surface area contributed by atoms with Crippen LogP contribution < -0.4 is 5.73 Å². The number of piperidine rings is 1. The molecule has 0 unspecified atom stereocenters. The first-order chi connectivity index (χ1) is 11.1. The molecule has 120 valence electrons. The zero-order valence-electron chi connectivity index (χ0n) is 12.4. The lowest BCUT2D eigenvalue weighted by atomic mass is 10.0. The van der Waals surface area contributed by atoms with Crippen molar-refractivity contribution in [2.75, 3.05) is 6.54 Å². The molecule has 23 heavy (non-hydrogen) atoms. The second-order valence-corrected chi connectivity index (χ2v) is 6.48. The quantitative estimate of drug-likeness (QED) is 0.938. The predicted molar refractivity (Wildman–Crippen MR) is 84.7 cm³/mol. The highest BCUT2D eigenvalue weighted by molar-refractivity contribution is 7.13. The van der Waals surface area contributed by atoms with E-state index in [1.165, 1.54) is 29.7 Å². The molecule has 2 N–H and O–H groups in total. The lowest BCUT2D eigenvalue weighted by Crippen LogP contribution is -2.38. The van der Waals surface area contributed by atoms with E-state index in [0.29, 0.717) is 16.4 Å². The fourth-order valence-corrected chi connectivity index (χ4v) is 3.69. The van der Waals surface area contributed by atoms with Gasteiger partial charge in [-0.15, -0.1) is 11.3 Å². The fourth-order valence-electron chi connectivity index (χ4n) is 2.78. The third-order valence-electron chi connectivity index (χ3n) is 3.92. The first-order valence-corrected chi connectivity index (χ1v) is 8.20. The van der Waals surface area contributed by atoms with Crippen molar-refractivity contribution in [2.45, 2.75) is 25.3 Å². The summed E-state index contributed by atoms with van der Waals surface area (Å²) in [5.41, 5.74) is 5.32. The van der Waals surface area contributed by atoms with E-state index in [1.807, 2.05) is 0 Å². The third-order valence-corrected chi connectivity index (χ3v) is 5.03. The number of carbonyl (C=O) groups excluding carboxylic acids is 2. The molecule has 0 radical (unpaired) electrons. The van der Waals surface area contributed by atoms with Crippen LogP contribution in [0.2, 0.25) is 0 Å². The van der Waals surface area contributed by atoms with E-state index in [9.17, 15) is 14.0 Å². The van der Waals surface area contributed by atoms with Gasteiger partial charge in [-0.3, -0.25) is 9.59 Å². The molecular formula is C16H16FN3O2S. The van der Waals surface area contributed by atoms with Gasteiger partial charge in [0.05, 0.1) is 17.8 Å². The van der Waals surface area contributed by atoms with E-state index in [2.05, 4.69) is 4.98 Å². The molecule has 3 rings (SSSR count). The Bertz CT molecular complexity index is 746. The Morgan fingerprint density at radius 3 is 2.78 bits per heavy atom. The Balaban J connectivity index is 1.90. The number of primary amides is 1. The molecule has 2 aromatic rings. The molecule has 1 atom stereocenters.